The van der Waals surface area contributed by atoms with E-state index in [0.717, 1.165) is 44.7 Å². The molecule has 3 rings (SSSR count). The molecule has 0 aromatic heterocycles. The molecule has 1 spiro atoms. The monoisotopic (exact) mass is 348 g/mol. The van der Waals surface area contributed by atoms with E-state index in [9.17, 15) is 4.79 Å². The lowest BCUT2D eigenvalue weighted by Crippen LogP contribution is -2.34. The number of methoxy groups -OCH3 is 1. The van der Waals surface area contributed by atoms with Gasteiger partial charge >= 0.3 is 0 Å². The van der Waals surface area contributed by atoms with Gasteiger partial charge in [-0.3, -0.25) is 4.79 Å². The van der Waals surface area contributed by atoms with Gasteiger partial charge in [0.15, 0.2) is 0 Å². The van der Waals surface area contributed by atoms with Crippen molar-refractivity contribution in [3.05, 3.63) is 29.8 Å². The maximum Gasteiger partial charge on any atom is 0.224 e. The van der Waals surface area contributed by atoms with E-state index < -0.39 is 0 Å². The number of carbonyl (C=O) groups excluding carboxylic acids is 1. The van der Waals surface area contributed by atoms with Crippen LogP contribution < -0.4 is 10.6 Å². The van der Waals surface area contributed by atoms with E-state index in [-0.39, 0.29) is 17.9 Å². The SMILES string of the molecule is COCCSc1ccc(C(C)NC(=O)C2CC23CCNCC3)cc1. The summed E-state index contributed by atoms with van der Waals surface area (Å²) in [4.78, 5) is 13.8. The molecule has 24 heavy (non-hydrogen) atoms. The third kappa shape index (κ3) is 4.13. The lowest BCUT2D eigenvalue weighted by molar-refractivity contribution is -0.123. The van der Waals surface area contributed by atoms with Crippen LogP contribution in [0.5, 0.6) is 0 Å². The van der Waals surface area contributed by atoms with Crippen molar-refractivity contribution in [2.45, 2.75) is 37.1 Å². The van der Waals surface area contributed by atoms with Gasteiger partial charge in [-0.1, -0.05) is 12.1 Å². The minimum absolute atomic E-state index is 0.0647. The van der Waals surface area contributed by atoms with Gasteiger partial charge in [-0.05, 0) is 62.4 Å². The molecular formula is C19H28N2O2S. The second-order valence-corrected chi connectivity index (χ2v) is 8.18. The Bertz CT molecular complexity index is 555. The highest BCUT2D eigenvalue weighted by molar-refractivity contribution is 7.99. The molecule has 1 aromatic rings. The molecule has 2 fully saturated rings. The number of carbonyl (C=O) groups is 1. The normalized spacial score (nSPS) is 23.0. The molecule has 4 nitrogen and oxygen atoms in total. The standard InChI is InChI=1S/C19H28N2O2S/c1-14(15-3-5-16(6-4-15)24-12-11-23-2)21-18(22)17-13-19(17)7-9-20-10-8-19/h3-6,14,17,20H,7-13H2,1-2H3,(H,21,22). The zero-order valence-corrected chi connectivity index (χ0v) is 15.5. The highest BCUT2D eigenvalue weighted by atomic mass is 32.2. The number of piperidine rings is 1. The largest absolute Gasteiger partial charge is 0.384 e. The van der Waals surface area contributed by atoms with E-state index in [1.54, 1.807) is 18.9 Å². The van der Waals surface area contributed by atoms with Crippen LogP contribution in [0.1, 0.15) is 37.8 Å². The van der Waals surface area contributed by atoms with Gasteiger partial charge in [-0.25, -0.2) is 0 Å². The van der Waals surface area contributed by atoms with Crippen LogP contribution in [0.15, 0.2) is 29.2 Å². The average Bonchev–Trinajstić information content (AvgIpc) is 3.29. The maximum atomic E-state index is 12.6. The van der Waals surface area contributed by atoms with Gasteiger partial charge in [-0.2, -0.15) is 0 Å². The Labute approximate surface area is 149 Å². The molecule has 1 saturated carbocycles. The quantitative estimate of drug-likeness (QED) is 0.587. The van der Waals surface area contributed by atoms with E-state index in [4.69, 9.17) is 4.74 Å². The van der Waals surface area contributed by atoms with Crippen molar-refractivity contribution in [2.24, 2.45) is 11.3 Å². The minimum Gasteiger partial charge on any atom is -0.384 e. The van der Waals surface area contributed by atoms with Crippen LogP contribution in [-0.2, 0) is 9.53 Å². The zero-order valence-electron chi connectivity index (χ0n) is 14.6. The summed E-state index contributed by atoms with van der Waals surface area (Å²) in [7, 11) is 1.72. The smallest absolute Gasteiger partial charge is 0.224 e. The van der Waals surface area contributed by atoms with Crippen molar-refractivity contribution < 1.29 is 9.53 Å². The number of benzene rings is 1. The van der Waals surface area contributed by atoms with Gasteiger partial charge < -0.3 is 15.4 Å². The lowest BCUT2D eigenvalue weighted by atomic mass is 9.91. The maximum absolute atomic E-state index is 12.6. The van der Waals surface area contributed by atoms with Gasteiger partial charge in [0.25, 0.3) is 0 Å². The fraction of sp³-hybridized carbons (Fsp3) is 0.632. The number of hydrogen-bond donors (Lipinski definition) is 2. The van der Waals surface area contributed by atoms with Crippen LogP contribution >= 0.6 is 11.8 Å². The third-order valence-electron chi connectivity index (χ3n) is 5.40. The highest BCUT2D eigenvalue weighted by Gasteiger charge is 2.57. The van der Waals surface area contributed by atoms with E-state index in [0.29, 0.717) is 5.41 Å². The number of ether oxygens (including phenoxy) is 1. The molecule has 1 amide bonds. The van der Waals surface area contributed by atoms with Crippen molar-refractivity contribution in [1.82, 2.24) is 10.6 Å². The Morgan fingerprint density at radius 3 is 2.75 bits per heavy atom. The molecular weight excluding hydrogens is 320 g/mol. The molecule has 1 saturated heterocycles. The molecule has 1 aliphatic heterocycles. The first-order chi connectivity index (χ1) is 11.6. The van der Waals surface area contributed by atoms with Gasteiger partial charge in [0, 0.05) is 23.7 Å². The Morgan fingerprint density at radius 2 is 2.08 bits per heavy atom. The Hall–Kier alpha value is -1.04. The van der Waals surface area contributed by atoms with Crippen molar-refractivity contribution in [3.63, 3.8) is 0 Å². The molecule has 132 valence electrons. The topological polar surface area (TPSA) is 50.4 Å². The third-order valence-corrected chi connectivity index (χ3v) is 6.38. The van der Waals surface area contributed by atoms with Crippen molar-refractivity contribution >= 4 is 17.7 Å². The Morgan fingerprint density at radius 1 is 1.38 bits per heavy atom. The summed E-state index contributed by atoms with van der Waals surface area (Å²) in [5.41, 5.74) is 1.47. The first-order valence-electron chi connectivity index (χ1n) is 8.87. The van der Waals surface area contributed by atoms with Crippen molar-refractivity contribution in [2.75, 3.05) is 32.6 Å². The summed E-state index contributed by atoms with van der Waals surface area (Å²) >= 11 is 1.79. The fourth-order valence-corrected chi connectivity index (χ4v) is 4.50. The lowest BCUT2D eigenvalue weighted by Gasteiger charge is -2.24. The number of amides is 1. The minimum atomic E-state index is 0.0647. The highest BCUT2D eigenvalue weighted by Crippen LogP contribution is 2.58. The van der Waals surface area contributed by atoms with Gasteiger partial charge in [-0.15, -0.1) is 11.8 Å². The van der Waals surface area contributed by atoms with Crippen LogP contribution in [0.4, 0.5) is 0 Å². The Balaban J connectivity index is 1.49. The van der Waals surface area contributed by atoms with Crippen LogP contribution in [-0.4, -0.2) is 38.5 Å². The molecule has 1 aliphatic carbocycles. The van der Waals surface area contributed by atoms with E-state index in [1.807, 2.05) is 0 Å². The van der Waals surface area contributed by atoms with Crippen LogP contribution in [0, 0.1) is 11.3 Å². The number of thioether (sulfide) groups is 1. The molecule has 1 aromatic carbocycles. The molecule has 2 aliphatic rings. The fourth-order valence-electron chi connectivity index (χ4n) is 3.69. The summed E-state index contributed by atoms with van der Waals surface area (Å²) in [6.45, 7) is 4.95. The van der Waals surface area contributed by atoms with Crippen LogP contribution in [0.25, 0.3) is 0 Å². The predicted octanol–water partition coefficient (Wildman–Crippen LogP) is 2.99. The number of hydrogen-bond acceptors (Lipinski definition) is 4. The summed E-state index contributed by atoms with van der Waals surface area (Å²) in [6.07, 6.45) is 3.36. The first kappa shape index (κ1) is 17.8. The second kappa shape index (κ2) is 7.89. The van der Waals surface area contributed by atoms with Crippen molar-refractivity contribution in [1.29, 1.82) is 0 Å². The summed E-state index contributed by atoms with van der Waals surface area (Å²) < 4.78 is 5.07. The van der Waals surface area contributed by atoms with Crippen LogP contribution in [0.2, 0.25) is 0 Å². The first-order valence-corrected chi connectivity index (χ1v) is 9.86. The van der Waals surface area contributed by atoms with Gasteiger partial charge in [0.05, 0.1) is 12.6 Å². The molecule has 5 heteroatoms. The molecule has 2 atom stereocenters. The van der Waals surface area contributed by atoms with E-state index >= 15 is 0 Å². The average molecular weight is 349 g/mol. The van der Waals surface area contributed by atoms with Gasteiger partial charge in [0.1, 0.15) is 0 Å². The predicted molar refractivity (Wildman–Crippen MR) is 98.2 cm³/mol. The van der Waals surface area contributed by atoms with E-state index in [1.165, 1.54) is 10.5 Å². The molecule has 2 N–H and O–H groups in total. The van der Waals surface area contributed by atoms with Crippen molar-refractivity contribution in [3.8, 4) is 0 Å². The molecule has 1 heterocycles. The molecule has 0 bridgehead atoms. The molecule has 0 radical (unpaired) electrons. The molecule has 2 unspecified atom stereocenters. The summed E-state index contributed by atoms with van der Waals surface area (Å²) in [6, 6.07) is 8.56. The number of nitrogens with one attached hydrogen (secondary N) is 2. The zero-order chi connectivity index (χ0) is 17.0. The van der Waals surface area contributed by atoms with Gasteiger partial charge in [0.2, 0.25) is 5.91 Å². The summed E-state index contributed by atoms with van der Waals surface area (Å²) in [5, 5.41) is 6.60. The Kier molecular flexibility index (Phi) is 5.85. The van der Waals surface area contributed by atoms with E-state index in [2.05, 4.69) is 41.8 Å². The van der Waals surface area contributed by atoms with Crippen LogP contribution in [0.3, 0.4) is 0 Å². The summed E-state index contributed by atoms with van der Waals surface area (Å²) in [5.74, 6) is 1.43. The second-order valence-electron chi connectivity index (χ2n) is 7.01. The number of rotatable bonds is 7.